The number of anilines is 1. The SMILES string of the molecule is O=C1C(=O)N(Cc2ccc(-c3cccnc3)nc2)c2ccc(OC(F)(F)F)cc21. The van der Waals surface area contributed by atoms with Crippen molar-refractivity contribution in [2.75, 3.05) is 4.90 Å². The van der Waals surface area contributed by atoms with Gasteiger partial charge in [-0.05, 0) is 42.0 Å². The predicted octanol–water partition coefficient (Wildman–Crippen LogP) is 3.77. The number of Topliss-reactive ketones (excluding diaryl/α,β-unsaturated/α-hetero) is 1. The standard InChI is InChI=1S/C20H12F3N3O3/c21-20(22,23)29-14-4-6-17-15(8-14)18(27)19(28)26(17)11-12-3-5-16(25-9-12)13-2-1-7-24-10-13/h1-10H,11H2. The summed E-state index contributed by atoms with van der Waals surface area (Å²) in [6.45, 7) is 0.0529. The number of alkyl halides is 3. The summed E-state index contributed by atoms with van der Waals surface area (Å²) in [7, 11) is 0. The molecule has 4 rings (SSSR count). The summed E-state index contributed by atoms with van der Waals surface area (Å²) < 4.78 is 41.0. The molecule has 146 valence electrons. The van der Waals surface area contributed by atoms with Crippen molar-refractivity contribution in [1.29, 1.82) is 0 Å². The highest BCUT2D eigenvalue weighted by molar-refractivity contribution is 6.52. The van der Waals surface area contributed by atoms with E-state index in [1.807, 2.05) is 6.07 Å². The smallest absolute Gasteiger partial charge is 0.406 e. The van der Waals surface area contributed by atoms with Crippen LogP contribution >= 0.6 is 0 Å². The second kappa shape index (κ2) is 7.01. The zero-order chi connectivity index (χ0) is 20.6. The molecule has 2 aromatic heterocycles. The summed E-state index contributed by atoms with van der Waals surface area (Å²) in [5.41, 5.74) is 2.28. The molecule has 1 aliphatic heterocycles. The van der Waals surface area contributed by atoms with E-state index in [0.717, 1.165) is 17.7 Å². The van der Waals surface area contributed by atoms with Crippen molar-refractivity contribution in [2.24, 2.45) is 0 Å². The van der Waals surface area contributed by atoms with Gasteiger partial charge in [0.05, 0.1) is 23.5 Å². The van der Waals surface area contributed by atoms with Gasteiger partial charge in [0.25, 0.3) is 11.7 Å². The third-order valence-electron chi connectivity index (χ3n) is 4.30. The molecule has 9 heteroatoms. The van der Waals surface area contributed by atoms with Crippen LogP contribution in [-0.2, 0) is 11.3 Å². The maximum Gasteiger partial charge on any atom is 0.573 e. The number of pyridine rings is 2. The highest BCUT2D eigenvalue weighted by Crippen LogP contribution is 2.34. The molecule has 0 radical (unpaired) electrons. The van der Waals surface area contributed by atoms with Crippen LogP contribution in [-0.4, -0.2) is 28.0 Å². The van der Waals surface area contributed by atoms with Crippen LogP contribution in [0.25, 0.3) is 11.3 Å². The average Bonchev–Trinajstić information content (AvgIpc) is 2.93. The molecule has 1 amide bonds. The lowest BCUT2D eigenvalue weighted by atomic mass is 10.1. The zero-order valence-electron chi connectivity index (χ0n) is 14.7. The Hall–Kier alpha value is -3.75. The summed E-state index contributed by atoms with van der Waals surface area (Å²) >= 11 is 0. The summed E-state index contributed by atoms with van der Waals surface area (Å²) in [6.07, 6.45) is -0.00150. The quantitative estimate of drug-likeness (QED) is 0.625. The van der Waals surface area contributed by atoms with E-state index in [-0.39, 0.29) is 17.8 Å². The monoisotopic (exact) mass is 399 g/mol. The Morgan fingerprint density at radius 1 is 1.03 bits per heavy atom. The van der Waals surface area contributed by atoms with Gasteiger partial charge in [0.15, 0.2) is 0 Å². The lowest BCUT2D eigenvalue weighted by molar-refractivity contribution is -0.274. The number of ether oxygens (including phenoxy) is 1. The number of amides is 1. The Morgan fingerprint density at radius 3 is 2.52 bits per heavy atom. The van der Waals surface area contributed by atoms with Crippen LogP contribution in [0.2, 0.25) is 0 Å². The minimum atomic E-state index is -4.89. The lowest BCUT2D eigenvalue weighted by Gasteiger charge is -2.17. The topological polar surface area (TPSA) is 72.4 Å². The van der Waals surface area contributed by atoms with Crippen LogP contribution < -0.4 is 9.64 Å². The Bertz CT molecular complexity index is 1080. The molecule has 0 N–H and O–H groups in total. The van der Waals surface area contributed by atoms with Crippen molar-refractivity contribution >= 4 is 17.4 Å². The van der Waals surface area contributed by atoms with Crippen LogP contribution in [0.1, 0.15) is 15.9 Å². The van der Waals surface area contributed by atoms with Crippen molar-refractivity contribution in [1.82, 2.24) is 9.97 Å². The normalized spacial score (nSPS) is 13.6. The molecule has 0 saturated carbocycles. The third kappa shape index (κ3) is 3.79. The first-order valence-corrected chi connectivity index (χ1v) is 8.43. The van der Waals surface area contributed by atoms with Gasteiger partial charge in [0, 0.05) is 24.2 Å². The third-order valence-corrected chi connectivity index (χ3v) is 4.30. The second-order valence-electron chi connectivity index (χ2n) is 6.24. The van der Waals surface area contributed by atoms with Crippen LogP contribution in [0.15, 0.2) is 61.1 Å². The Balaban J connectivity index is 1.57. The number of benzene rings is 1. The Kier molecular flexibility index (Phi) is 4.50. The van der Waals surface area contributed by atoms with Gasteiger partial charge in [-0.2, -0.15) is 0 Å². The first-order chi connectivity index (χ1) is 13.8. The number of carbonyl (C=O) groups is 2. The molecular weight excluding hydrogens is 387 g/mol. The minimum Gasteiger partial charge on any atom is -0.406 e. The molecule has 0 fully saturated rings. The zero-order valence-corrected chi connectivity index (χ0v) is 14.7. The number of aromatic nitrogens is 2. The van der Waals surface area contributed by atoms with Gasteiger partial charge in [-0.25, -0.2) is 0 Å². The van der Waals surface area contributed by atoms with E-state index >= 15 is 0 Å². The number of hydrogen-bond acceptors (Lipinski definition) is 5. The molecule has 0 aliphatic carbocycles. The first-order valence-electron chi connectivity index (χ1n) is 8.43. The van der Waals surface area contributed by atoms with E-state index in [1.54, 1.807) is 36.8 Å². The van der Waals surface area contributed by atoms with Crippen LogP contribution in [0.5, 0.6) is 5.75 Å². The fourth-order valence-corrected chi connectivity index (χ4v) is 3.02. The van der Waals surface area contributed by atoms with Crippen molar-refractivity contribution in [3.8, 4) is 17.0 Å². The summed E-state index contributed by atoms with van der Waals surface area (Å²) in [5, 5.41) is 0. The minimum absolute atomic E-state index is 0.0529. The maximum absolute atomic E-state index is 12.4. The molecular formula is C20H12F3N3O3. The molecule has 0 saturated heterocycles. The van der Waals surface area contributed by atoms with Crippen LogP contribution in [0, 0.1) is 0 Å². The van der Waals surface area contributed by atoms with Gasteiger partial charge in [-0.1, -0.05) is 6.07 Å². The van der Waals surface area contributed by atoms with Gasteiger partial charge in [-0.3, -0.25) is 19.6 Å². The molecule has 0 bridgehead atoms. The molecule has 1 aromatic carbocycles. The fraction of sp³-hybridized carbons (Fsp3) is 0.100. The summed E-state index contributed by atoms with van der Waals surface area (Å²) in [4.78, 5) is 34.1. The highest BCUT2D eigenvalue weighted by atomic mass is 19.4. The van der Waals surface area contributed by atoms with Crippen molar-refractivity contribution < 1.29 is 27.5 Å². The van der Waals surface area contributed by atoms with E-state index in [2.05, 4.69) is 14.7 Å². The van der Waals surface area contributed by atoms with Gasteiger partial charge < -0.3 is 9.64 Å². The van der Waals surface area contributed by atoms with Gasteiger partial charge in [0.1, 0.15) is 5.75 Å². The predicted molar refractivity (Wildman–Crippen MR) is 96.1 cm³/mol. The average molecular weight is 399 g/mol. The van der Waals surface area contributed by atoms with E-state index < -0.39 is 23.8 Å². The maximum atomic E-state index is 12.4. The number of rotatable bonds is 4. The molecule has 0 atom stereocenters. The van der Waals surface area contributed by atoms with Gasteiger partial charge >= 0.3 is 6.36 Å². The van der Waals surface area contributed by atoms with Crippen molar-refractivity contribution in [3.05, 3.63) is 72.2 Å². The molecule has 6 nitrogen and oxygen atoms in total. The number of nitrogens with zero attached hydrogens (tertiary/aromatic N) is 3. The summed E-state index contributed by atoms with van der Waals surface area (Å²) in [6, 6.07) is 10.4. The summed E-state index contributed by atoms with van der Waals surface area (Å²) in [5.74, 6) is -2.25. The van der Waals surface area contributed by atoms with Gasteiger partial charge in [-0.15, -0.1) is 13.2 Å². The Morgan fingerprint density at radius 2 is 1.86 bits per heavy atom. The molecule has 0 unspecified atom stereocenters. The van der Waals surface area contributed by atoms with E-state index in [4.69, 9.17) is 0 Å². The highest BCUT2D eigenvalue weighted by Gasteiger charge is 2.37. The largest absolute Gasteiger partial charge is 0.573 e. The van der Waals surface area contributed by atoms with Crippen molar-refractivity contribution in [2.45, 2.75) is 12.9 Å². The van der Waals surface area contributed by atoms with Crippen LogP contribution in [0.4, 0.5) is 18.9 Å². The fourth-order valence-electron chi connectivity index (χ4n) is 3.02. The number of fused-ring (bicyclic) bond motifs is 1. The number of halogens is 3. The molecule has 3 aromatic rings. The number of hydrogen-bond donors (Lipinski definition) is 0. The first kappa shape index (κ1) is 18.6. The molecule has 3 heterocycles. The van der Waals surface area contributed by atoms with Crippen LogP contribution in [0.3, 0.4) is 0 Å². The molecule has 0 spiro atoms. The van der Waals surface area contributed by atoms with E-state index in [9.17, 15) is 22.8 Å². The Labute approximate surface area is 162 Å². The lowest BCUT2D eigenvalue weighted by Crippen LogP contribution is -2.29. The van der Waals surface area contributed by atoms with Gasteiger partial charge in [0.2, 0.25) is 0 Å². The molecule has 29 heavy (non-hydrogen) atoms. The number of ketones is 1. The van der Waals surface area contributed by atoms with E-state index in [0.29, 0.717) is 11.3 Å². The second-order valence-corrected chi connectivity index (χ2v) is 6.24. The van der Waals surface area contributed by atoms with E-state index in [1.165, 1.54) is 11.0 Å². The molecule has 1 aliphatic rings. The number of carbonyl (C=O) groups excluding carboxylic acids is 2. The van der Waals surface area contributed by atoms with Crippen molar-refractivity contribution in [3.63, 3.8) is 0 Å².